The number of hydrogen-bond acceptors (Lipinski definition) is 2. The number of H-pyrrole nitrogens is 1. The highest BCUT2D eigenvalue weighted by molar-refractivity contribution is 9.10. The highest BCUT2D eigenvalue weighted by Gasteiger charge is 2.16. The van der Waals surface area contributed by atoms with Gasteiger partial charge in [-0.25, -0.2) is 13.6 Å². The first-order chi connectivity index (χ1) is 10.5. The van der Waals surface area contributed by atoms with E-state index < -0.39 is 23.2 Å². The molecule has 3 nitrogen and oxygen atoms in total. The second-order valence-electron chi connectivity index (χ2n) is 4.49. The highest BCUT2D eigenvalue weighted by atomic mass is 79.9. The minimum Gasteiger partial charge on any atom is -0.478 e. The molecule has 3 rings (SSSR count). The maximum Gasteiger partial charge on any atom is 0.338 e. The van der Waals surface area contributed by atoms with Gasteiger partial charge in [0.2, 0.25) is 0 Å². The van der Waals surface area contributed by atoms with Crippen molar-refractivity contribution >= 4 is 44.6 Å². The van der Waals surface area contributed by atoms with Crippen LogP contribution >= 0.6 is 27.7 Å². The van der Waals surface area contributed by atoms with E-state index in [9.17, 15) is 13.6 Å². The number of aromatic carboxylic acids is 1. The molecule has 0 saturated heterocycles. The summed E-state index contributed by atoms with van der Waals surface area (Å²) in [4.78, 5) is 14.6. The van der Waals surface area contributed by atoms with Crippen LogP contribution in [-0.2, 0) is 0 Å². The van der Waals surface area contributed by atoms with Crippen LogP contribution in [0.1, 0.15) is 10.4 Å². The summed E-state index contributed by atoms with van der Waals surface area (Å²) in [5, 5.41) is 9.75. The zero-order chi connectivity index (χ0) is 15.9. The number of aromatic amines is 1. The Hall–Kier alpha value is -1.86. The summed E-state index contributed by atoms with van der Waals surface area (Å²) in [6, 6.07) is 6.84. The molecule has 0 fully saturated rings. The van der Waals surface area contributed by atoms with E-state index in [0.717, 1.165) is 23.2 Å². The summed E-state index contributed by atoms with van der Waals surface area (Å²) in [7, 11) is 0. The van der Waals surface area contributed by atoms with Gasteiger partial charge >= 0.3 is 5.97 Å². The molecule has 0 aliphatic carbocycles. The Morgan fingerprint density at radius 2 is 1.95 bits per heavy atom. The van der Waals surface area contributed by atoms with Crippen molar-refractivity contribution in [3.8, 4) is 0 Å². The van der Waals surface area contributed by atoms with Crippen molar-refractivity contribution in [2.75, 3.05) is 0 Å². The summed E-state index contributed by atoms with van der Waals surface area (Å²) >= 11 is 4.39. The van der Waals surface area contributed by atoms with Gasteiger partial charge in [0.1, 0.15) is 11.6 Å². The van der Waals surface area contributed by atoms with Gasteiger partial charge in [-0.1, -0.05) is 11.8 Å². The van der Waals surface area contributed by atoms with E-state index in [4.69, 9.17) is 5.11 Å². The fourth-order valence-corrected chi connectivity index (χ4v) is 3.74. The SMILES string of the molecule is O=C(O)c1cc(Sc2c(F)cc3[nH]ccc3c2Br)ccc1F. The normalized spacial score (nSPS) is 11.0. The number of hydrogen-bond donors (Lipinski definition) is 2. The van der Waals surface area contributed by atoms with Gasteiger partial charge in [0.15, 0.2) is 0 Å². The third-order valence-electron chi connectivity index (χ3n) is 3.09. The third kappa shape index (κ3) is 2.62. The summed E-state index contributed by atoms with van der Waals surface area (Å²) in [5.41, 5.74) is 0.211. The lowest BCUT2D eigenvalue weighted by atomic mass is 10.2. The minimum absolute atomic E-state index is 0.315. The summed E-state index contributed by atoms with van der Waals surface area (Å²) < 4.78 is 28.2. The van der Waals surface area contributed by atoms with Crippen molar-refractivity contribution in [3.63, 3.8) is 0 Å². The first-order valence-corrected chi connectivity index (χ1v) is 7.74. The van der Waals surface area contributed by atoms with E-state index in [1.54, 1.807) is 12.3 Å². The lowest BCUT2D eigenvalue weighted by molar-refractivity contribution is 0.0691. The van der Waals surface area contributed by atoms with Crippen LogP contribution < -0.4 is 0 Å². The number of carbonyl (C=O) groups is 1. The number of nitrogens with one attached hydrogen (secondary N) is 1. The number of fused-ring (bicyclic) bond motifs is 1. The quantitative estimate of drug-likeness (QED) is 0.664. The zero-order valence-electron chi connectivity index (χ0n) is 10.9. The molecule has 0 saturated carbocycles. The van der Waals surface area contributed by atoms with Gasteiger partial charge < -0.3 is 10.1 Å². The first-order valence-electron chi connectivity index (χ1n) is 6.13. The zero-order valence-corrected chi connectivity index (χ0v) is 13.3. The summed E-state index contributed by atoms with van der Waals surface area (Å²) in [6.07, 6.45) is 1.70. The minimum atomic E-state index is -1.36. The van der Waals surface area contributed by atoms with Crippen LogP contribution in [0.2, 0.25) is 0 Å². The molecule has 0 aliphatic heterocycles. The molecular formula is C15H8BrF2NO2S. The van der Waals surface area contributed by atoms with Crippen molar-refractivity contribution in [2.24, 2.45) is 0 Å². The van der Waals surface area contributed by atoms with Crippen molar-refractivity contribution in [1.82, 2.24) is 4.98 Å². The maximum absolute atomic E-state index is 14.2. The van der Waals surface area contributed by atoms with Crippen molar-refractivity contribution < 1.29 is 18.7 Å². The van der Waals surface area contributed by atoms with Crippen LogP contribution in [0.15, 0.2) is 50.8 Å². The Morgan fingerprint density at radius 3 is 2.68 bits per heavy atom. The van der Waals surface area contributed by atoms with E-state index in [1.807, 2.05) is 0 Å². The molecule has 1 aromatic heterocycles. The van der Waals surface area contributed by atoms with Crippen LogP contribution in [0.5, 0.6) is 0 Å². The molecular weight excluding hydrogens is 376 g/mol. The van der Waals surface area contributed by atoms with Gasteiger partial charge in [-0.05, 0) is 46.3 Å². The van der Waals surface area contributed by atoms with Crippen LogP contribution in [0, 0.1) is 11.6 Å². The first kappa shape index (κ1) is 15.1. The van der Waals surface area contributed by atoms with E-state index in [-0.39, 0.29) is 0 Å². The van der Waals surface area contributed by atoms with Gasteiger partial charge in [-0.2, -0.15) is 0 Å². The van der Waals surface area contributed by atoms with Crippen molar-refractivity contribution in [1.29, 1.82) is 0 Å². The van der Waals surface area contributed by atoms with Gasteiger partial charge in [-0.15, -0.1) is 0 Å². The second-order valence-corrected chi connectivity index (χ2v) is 6.37. The fraction of sp³-hybridized carbons (Fsp3) is 0. The topological polar surface area (TPSA) is 53.1 Å². The predicted molar refractivity (Wildman–Crippen MR) is 83.4 cm³/mol. The summed E-state index contributed by atoms with van der Waals surface area (Å²) in [5.74, 6) is -2.63. The van der Waals surface area contributed by atoms with Crippen molar-refractivity contribution in [3.05, 3.63) is 58.2 Å². The number of aromatic nitrogens is 1. The predicted octanol–water partition coefficient (Wildman–Crippen LogP) is 5.06. The molecule has 0 spiro atoms. The molecule has 0 aliphatic rings. The Balaban J connectivity index is 2.06. The number of halogens is 3. The van der Waals surface area contributed by atoms with E-state index in [2.05, 4.69) is 20.9 Å². The molecule has 0 unspecified atom stereocenters. The van der Waals surface area contributed by atoms with Crippen molar-refractivity contribution in [2.45, 2.75) is 9.79 Å². The Kier molecular flexibility index (Phi) is 3.92. The fourth-order valence-electron chi connectivity index (χ4n) is 2.06. The number of carboxylic acid groups (broad SMARTS) is 1. The monoisotopic (exact) mass is 383 g/mol. The van der Waals surface area contributed by atoms with E-state index >= 15 is 0 Å². The third-order valence-corrected chi connectivity index (χ3v) is 5.27. The standard InChI is InChI=1S/C15H8BrF2NO2S/c16-13-8-3-4-19-12(8)6-11(18)14(13)22-7-1-2-10(17)9(5-7)15(20)21/h1-6,19H,(H,20,21). The highest BCUT2D eigenvalue weighted by Crippen LogP contribution is 2.40. The van der Waals surface area contributed by atoms with E-state index in [1.165, 1.54) is 18.2 Å². The van der Waals surface area contributed by atoms with Crippen LogP contribution in [0.25, 0.3) is 10.9 Å². The molecule has 2 aromatic carbocycles. The lowest BCUT2D eigenvalue weighted by Gasteiger charge is -2.08. The largest absolute Gasteiger partial charge is 0.478 e. The molecule has 0 amide bonds. The number of rotatable bonds is 3. The van der Waals surface area contributed by atoms with Gasteiger partial charge in [0, 0.05) is 26.5 Å². The molecule has 0 radical (unpaired) electrons. The van der Waals surface area contributed by atoms with Gasteiger partial charge in [0.05, 0.1) is 10.5 Å². The van der Waals surface area contributed by atoms with E-state index in [0.29, 0.717) is 19.8 Å². The molecule has 1 heterocycles. The van der Waals surface area contributed by atoms with Gasteiger partial charge in [0.25, 0.3) is 0 Å². The summed E-state index contributed by atoms with van der Waals surface area (Å²) in [6.45, 7) is 0. The molecule has 0 bridgehead atoms. The molecule has 3 aromatic rings. The Labute approximate surface area is 136 Å². The number of benzene rings is 2. The second kappa shape index (κ2) is 5.73. The smallest absolute Gasteiger partial charge is 0.338 e. The molecule has 112 valence electrons. The average Bonchev–Trinajstić information content (AvgIpc) is 2.93. The maximum atomic E-state index is 14.2. The average molecular weight is 384 g/mol. The van der Waals surface area contributed by atoms with Crippen LogP contribution in [-0.4, -0.2) is 16.1 Å². The lowest BCUT2D eigenvalue weighted by Crippen LogP contribution is -2.00. The Morgan fingerprint density at radius 1 is 1.18 bits per heavy atom. The molecule has 2 N–H and O–H groups in total. The molecule has 7 heteroatoms. The molecule has 0 atom stereocenters. The van der Waals surface area contributed by atoms with Crippen LogP contribution in [0.4, 0.5) is 8.78 Å². The van der Waals surface area contributed by atoms with Gasteiger partial charge in [-0.3, -0.25) is 0 Å². The van der Waals surface area contributed by atoms with Crippen LogP contribution in [0.3, 0.4) is 0 Å². The number of carboxylic acids is 1. The molecule has 22 heavy (non-hydrogen) atoms. The Bertz CT molecular complexity index is 895.